The smallest absolute Gasteiger partial charge is 0.253 e. The van der Waals surface area contributed by atoms with Gasteiger partial charge >= 0.3 is 0 Å². The number of benzene rings is 2. The molecule has 2 aromatic carbocycles. The normalized spacial score (nSPS) is 10.5. The van der Waals surface area contributed by atoms with Crippen molar-refractivity contribution in [2.24, 2.45) is 0 Å². The van der Waals surface area contributed by atoms with Crippen LogP contribution in [0.15, 0.2) is 45.3 Å². The van der Waals surface area contributed by atoms with Crippen molar-refractivity contribution in [2.75, 3.05) is 7.05 Å². The fourth-order valence-corrected chi connectivity index (χ4v) is 3.57. The minimum absolute atomic E-state index is 0.0898. The third-order valence-electron chi connectivity index (χ3n) is 2.90. The fourth-order valence-electron chi connectivity index (χ4n) is 1.90. The zero-order valence-corrected chi connectivity index (χ0v) is 15.7. The molecule has 1 amide bonds. The Morgan fingerprint density at radius 3 is 2.38 bits per heavy atom. The van der Waals surface area contributed by atoms with Crippen molar-refractivity contribution >= 4 is 61.0 Å². The molecule has 110 valence electrons. The van der Waals surface area contributed by atoms with Crippen molar-refractivity contribution in [3.05, 3.63) is 66.5 Å². The van der Waals surface area contributed by atoms with E-state index in [1.54, 1.807) is 30.1 Å². The van der Waals surface area contributed by atoms with Gasteiger partial charge in [-0.05, 0) is 29.8 Å². The first-order valence-corrected chi connectivity index (χ1v) is 8.37. The minimum Gasteiger partial charge on any atom is -0.337 e. The van der Waals surface area contributed by atoms with Crippen LogP contribution >= 0.6 is 55.1 Å². The molecule has 0 heterocycles. The summed E-state index contributed by atoms with van der Waals surface area (Å²) < 4.78 is 1.68. The van der Waals surface area contributed by atoms with Gasteiger partial charge in [0.25, 0.3) is 5.91 Å². The van der Waals surface area contributed by atoms with Crippen LogP contribution in [0.2, 0.25) is 10.0 Å². The number of rotatable bonds is 3. The molecule has 0 saturated carbocycles. The highest BCUT2D eigenvalue weighted by Crippen LogP contribution is 2.27. The quantitative estimate of drug-likeness (QED) is 0.578. The highest BCUT2D eigenvalue weighted by Gasteiger charge is 2.15. The van der Waals surface area contributed by atoms with Crippen molar-refractivity contribution in [3.63, 3.8) is 0 Å². The minimum atomic E-state index is -0.0898. The number of amides is 1. The highest BCUT2D eigenvalue weighted by atomic mass is 79.9. The van der Waals surface area contributed by atoms with Crippen LogP contribution in [0.4, 0.5) is 0 Å². The number of nitrogens with zero attached hydrogens (tertiary/aromatic N) is 1. The maximum atomic E-state index is 12.5. The van der Waals surface area contributed by atoms with Gasteiger partial charge in [-0.2, -0.15) is 0 Å². The lowest BCUT2D eigenvalue weighted by molar-refractivity contribution is 0.0785. The zero-order chi connectivity index (χ0) is 15.6. The lowest BCUT2D eigenvalue weighted by Gasteiger charge is -2.18. The van der Waals surface area contributed by atoms with E-state index >= 15 is 0 Å². The van der Waals surface area contributed by atoms with E-state index in [1.165, 1.54) is 0 Å². The predicted octanol–water partition coefficient (Wildman–Crippen LogP) is 5.79. The van der Waals surface area contributed by atoms with E-state index in [4.69, 9.17) is 23.2 Å². The first-order valence-electron chi connectivity index (χ1n) is 6.03. The number of hydrogen-bond acceptors (Lipinski definition) is 1. The summed E-state index contributed by atoms with van der Waals surface area (Å²) >= 11 is 18.9. The number of halogens is 4. The molecule has 0 atom stereocenters. The van der Waals surface area contributed by atoms with Gasteiger partial charge in [-0.25, -0.2) is 0 Å². The number of carbonyl (C=O) groups is 1. The molecule has 0 N–H and O–H groups in total. The summed E-state index contributed by atoms with van der Waals surface area (Å²) in [7, 11) is 1.73. The Morgan fingerprint density at radius 2 is 1.76 bits per heavy atom. The summed E-state index contributed by atoms with van der Waals surface area (Å²) in [6.07, 6.45) is 0. The van der Waals surface area contributed by atoms with Gasteiger partial charge in [-0.1, -0.05) is 67.2 Å². The van der Waals surface area contributed by atoms with Gasteiger partial charge in [0.05, 0.1) is 10.0 Å². The Kier molecular flexibility index (Phi) is 5.72. The Labute approximate surface area is 150 Å². The molecular formula is C15H11Br2Cl2NO. The van der Waals surface area contributed by atoms with E-state index in [0.29, 0.717) is 22.2 Å². The summed E-state index contributed by atoms with van der Waals surface area (Å²) in [5.41, 5.74) is 1.41. The fraction of sp³-hybridized carbons (Fsp3) is 0.133. The standard InChI is InChI=1S/C15H11Br2Cl2NO/c1-20(8-9-3-2-4-13(18)14(9)19)15(21)10-5-11(16)7-12(17)6-10/h2-7H,8H2,1H3. The Morgan fingerprint density at radius 1 is 1.14 bits per heavy atom. The molecule has 0 aliphatic heterocycles. The van der Waals surface area contributed by atoms with Gasteiger partial charge in [0.1, 0.15) is 0 Å². The molecule has 0 aliphatic rings. The lowest BCUT2D eigenvalue weighted by atomic mass is 10.1. The molecule has 0 aromatic heterocycles. The van der Waals surface area contributed by atoms with Crippen molar-refractivity contribution in [1.29, 1.82) is 0 Å². The van der Waals surface area contributed by atoms with Gasteiger partial charge in [0.2, 0.25) is 0 Å². The summed E-state index contributed by atoms with van der Waals surface area (Å²) in [4.78, 5) is 14.1. The Bertz CT molecular complexity index is 671. The molecule has 0 radical (unpaired) electrons. The van der Waals surface area contributed by atoms with Crippen LogP contribution in [0, 0.1) is 0 Å². The van der Waals surface area contributed by atoms with E-state index in [-0.39, 0.29) is 5.91 Å². The van der Waals surface area contributed by atoms with E-state index in [2.05, 4.69) is 31.9 Å². The van der Waals surface area contributed by atoms with Crippen LogP contribution < -0.4 is 0 Å². The van der Waals surface area contributed by atoms with E-state index in [0.717, 1.165) is 14.5 Å². The van der Waals surface area contributed by atoms with Gasteiger partial charge < -0.3 is 4.90 Å². The molecule has 0 aliphatic carbocycles. The third-order valence-corrected chi connectivity index (χ3v) is 4.67. The van der Waals surface area contributed by atoms with Crippen LogP contribution in [0.3, 0.4) is 0 Å². The molecule has 0 bridgehead atoms. The second-order valence-electron chi connectivity index (χ2n) is 4.53. The molecule has 2 rings (SSSR count). The second-order valence-corrected chi connectivity index (χ2v) is 7.15. The maximum Gasteiger partial charge on any atom is 0.253 e. The molecule has 0 spiro atoms. The molecule has 2 aromatic rings. The largest absolute Gasteiger partial charge is 0.337 e. The van der Waals surface area contributed by atoms with Crippen molar-refractivity contribution in [3.8, 4) is 0 Å². The molecule has 21 heavy (non-hydrogen) atoms. The monoisotopic (exact) mass is 449 g/mol. The van der Waals surface area contributed by atoms with E-state index < -0.39 is 0 Å². The van der Waals surface area contributed by atoms with Gasteiger partial charge in [-0.3, -0.25) is 4.79 Å². The second kappa shape index (κ2) is 7.14. The molecule has 0 fully saturated rings. The van der Waals surface area contributed by atoms with Crippen LogP contribution in [0.1, 0.15) is 15.9 Å². The molecule has 0 saturated heterocycles. The summed E-state index contributed by atoms with van der Waals surface area (Å²) in [6.45, 7) is 0.391. The highest BCUT2D eigenvalue weighted by molar-refractivity contribution is 9.11. The summed E-state index contributed by atoms with van der Waals surface area (Å²) in [5, 5.41) is 0.967. The van der Waals surface area contributed by atoms with Crippen molar-refractivity contribution < 1.29 is 4.79 Å². The number of carbonyl (C=O) groups excluding carboxylic acids is 1. The van der Waals surface area contributed by atoms with E-state index in [9.17, 15) is 4.79 Å². The summed E-state index contributed by atoms with van der Waals surface area (Å²) in [6, 6.07) is 10.8. The SMILES string of the molecule is CN(Cc1cccc(Cl)c1Cl)C(=O)c1cc(Br)cc(Br)c1. The van der Waals surface area contributed by atoms with Crippen LogP contribution in [0.5, 0.6) is 0 Å². The molecule has 6 heteroatoms. The van der Waals surface area contributed by atoms with Crippen molar-refractivity contribution in [2.45, 2.75) is 6.54 Å². The number of hydrogen-bond donors (Lipinski definition) is 0. The first-order chi connectivity index (χ1) is 9.88. The Balaban J connectivity index is 2.21. The lowest BCUT2D eigenvalue weighted by Crippen LogP contribution is -2.26. The molecule has 2 nitrogen and oxygen atoms in total. The average Bonchev–Trinajstić information content (AvgIpc) is 2.42. The average molecular weight is 452 g/mol. The van der Waals surface area contributed by atoms with Gasteiger partial charge in [0.15, 0.2) is 0 Å². The van der Waals surface area contributed by atoms with Gasteiger partial charge in [-0.15, -0.1) is 0 Å². The first kappa shape index (κ1) is 16.8. The molecule has 0 unspecified atom stereocenters. The van der Waals surface area contributed by atoms with Crippen LogP contribution in [-0.2, 0) is 6.54 Å². The molecular weight excluding hydrogens is 441 g/mol. The van der Waals surface area contributed by atoms with Crippen molar-refractivity contribution in [1.82, 2.24) is 4.90 Å². The topological polar surface area (TPSA) is 20.3 Å². The summed E-state index contributed by atoms with van der Waals surface area (Å²) in [5.74, 6) is -0.0898. The zero-order valence-electron chi connectivity index (χ0n) is 11.0. The van der Waals surface area contributed by atoms with Crippen LogP contribution in [-0.4, -0.2) is 17.9 Å². The Hall–Kier alpha value is -0.550. The van der Waals surface area contributed by atoms with E-state index in [1.807, 2.05) is 18.2 Å². The van der Waals surface area contributed by atoms with Crippen LogP contribution in [0.25, 0.3) is 0 Å². The predicted molar refractivity (Wildman–Crippen MR) is 94.1 cm³/mol. The maximum absolute atomic E-state index is 12.5. The van der Waals surface area contributed by atoms with Gasteiger partial charge in [0, 0.05) is 28.1 Å². The third kappa shape index (κ3) is 4.22.